The highest BCUT2D eigenvalue weighted by atomic mass is 16.3. The molecular weight excluding hydrogens is 418 g/mol. The molecule has 0 aliphatic carbocycles. The molecule has 0 unspecified atom stereocenters. The van der Waals surface area contributed by atoms with Crippen molar-refractivity contribution in [2.45, 2.75) is 46.9 Å². The molecule has 0 radical (unpaired) electrons. The largest absolute Gasteiger partial charge is 0.392 e. The van der Waals surface area contributed by atoms with E-state index in [9.17, 15) is 14.7 Å². The van der Waals surface area contributed by atoms with Crippen LogP contribution in [0.3, 0.4) is 0 Å². The molecule has 2 heterocycles. The molecule has 0 bridgehead atoms. The van der Waals surface area contributed by atoms with E-state index in [4.69, 9.17) is 5.41 Å². The van der Waals surface area contributed by atoms with Crippen LogP contribution in [0.5, 0.6) is 0 Å². The number of hydrogen-bond acceptors (Lipinski definition) is 6. The van der Waals surface area contributed by atoms with Crippen LogP contribution in [0.1, 0.15) is 52.2 Å². The van der Waals surface area contributed by atoms with Gasteiger partial charge in [0, 0.05) is 41.2 Å². The van der Waals surface area contributed by atoms with E-state index in [1.54, 1.807) is 18.2 Å². The van der Waals surface area contributed by atoms with Gasteiger partial charge in [0.2, 0.25) is 0 Å². The molecule has 0 fully saturated rings. The SMILES string of the molecule is Cc1cc(C)c(CNC(=O)c2cc(-c3ccc(CO)cc3)nc(NC(C)C)c2C=N)c(=O)[nH]1. The fraction of sp³-hybridized carbons (Fsp3) is 0.280. The van der Waals surface area contributed by atoms with Gasteiger partial charge in [-0.1, -0.05) is 24.3 Å². The zero-order valence-corrected chi connectivity index (χ0v) is 19.2. The van der Waals surface area contributed by atoms with Gasteiger partial charge in [-0.15, -0.1) is 0 Å². The van der Waals surface area contributed by atoms with E-state index in [2.05, 4.69) is 20.6 Å². The van der Waals surface area contributed by atoms with Crippen LogP contribution in [0.15, 0.2) is 41.2 Å². The van der Waals surface area contributed by atoms with Crippen LogP contribution in [0.2, 0.25) is 0 Å². The van der Waals surface area contributed by atoms with Gasteiger partial charge < -0.3 is 26.1 Å². The van der Waals surface area contributed by atoms with Crippen LogP contribution >= 0.6 is 0 Å². The molecule has 0 saturated carbocycles. The highest BCUT2D eigenvalue weighted by Gasteiger charge is 2.19. The maximum Gasteiger partial charge on any atom is 0.253 e. The molecule has 3 aromatic rings. The number of hydrogen-bond donors (Lipinski definition) is 5. The third-order valence-corrected chi connectivity index (χ3v) is 5.22. The molecule has 2 aromatic heterocycles. The third kappa shape index (κ3) is 5.53. The number of aromatic nitrogens is 2. The summed E-state index contributed by atoms with van der Waals surface area (Å²) < 4.78 is 0. The maximum atomic E-state index is 13.2. The molecule has 0 aliphatic heterocycles. The van der Waals surface area contributed by atoms with Crippen molar-refractivity contribution >= 4 is 17.9 Å². The molecule has 8 heteroatoms. The number of aliphatic hydroxyl groups excluding tert-OH is 1. The number of amides is 1. The summed E-state index contributed by atoms with van der Waals surface area (Å²) in [6, 6.07) is 10.8. The first-order chi connectivity index (χ1) is 15.7. The Kier molecular flexibility index (Phi) is 7.40. The van der Waals surface area contributed by atoms with Crippen molar-refractivity contribution in [3.05, 3.63) is 80.3 Å². The molecule has 172 valence electrons. The Labute approximate surface area is 192 Å². The molecule has 0 atom stereocenters. The highest BCUT2D eigenvalue weighted by molar-refractivity contribution is 6.05. The standard InChI is InChI=1S/C25H29N5O3/c1-14(2)28-23-20(11-26)19(10-22(30-23)18-7-5-17(13-31)6-8-18)24(32)27-12-21-15(3)9-16(4)29-25(21)33/h5-11,14,26,31H,12-13H2,1-4H3,(H,27,32)(H,28,30)(H,29,33). The summed E-state index contributed by atoms with van der Waals surface area (Å²) in [6.45, 7) is 7.54. The normalized spacial score (nSPS) is 10.8. The van der Waals surface area contributed by atoms with Crippen LogP contribution in [0.4, 0.5) is 5.82 Å². The van der Waals surface area contributed by atoms with E-state index >= 15 is 0 Å². The number of aliphatic hydroxyl groups is 1. The Bertz CT molecular complexity index is 1230. The molecule has 5 N–H and O–H groups in total. The van der Waals surface area contributed by atoms with Crippen molar-refractivity contribution < 1.29 is 9.90 Å². The fourth-order valence-corrected chi connectivity index (χ4v) is 3.57. The first-order valence-electron chi connectivity index (χ1n) is 10.7. The van der Waals surface area contributed by atoms with E-state index in [1.807, 2.05) is 45.9 Å². The van der Waals surface area contributed by atoms with Crippen molar-refractivity contribution in [2.24, 2.45) is 0 Å². The summed E-state index contributed by atoms with van der Waals surface area (Å²) in [5, 5.41) is 23.2. The van der Waals surface area contributed by atoms with Crippen LogP contribution in [0.25, 0.3) is 11.3 Å². The number of nitrogens with one attached hydrogen (secondary N) is 4. The van der Waals surface area contributed by atoms with Crippen LogP contribution in [-0.2, 0) is 13.2 Å². The molecule has 1 amide bonds. The van der Waals surface area contributed by atoms with E-state index in [1.165, 1.54) is 0 Å². The summed E-state index contributed by atoms with van der Waals surface area (Å²) in [6.07, 6.45) is 1.11. The molecule has 33 heavy (non-hydrogen) atoms. The van der Waals surface area contributed by atoms with Crippen molar-refractivity contribution in [3.63, 3.8) is 0 Å². The van der Waals surface area contributed by atoms with Crippen molar-refractivity contribution in [1.29, 1.82) is 5.41 Å². The lowest BCUT2D eigenvalue weighted by molar-refractivity contribution is 0.0950. The second kappa shape index (κ2) is 10.2. The molecule has 3 rings (SSSR count). The number of benzene rings is 1. The minimum Gasteiger partial charge on any atom is -0.392 e. The Morgan fingerprint density at radius 1 is 1.21 bits per heavy atom. The minimum absolute atomic E-state index is 0.0351. The number of pyridine rings is 2. The zero-order chi connectivity index (χ0) is 24.1. The maximum absolute atomic E-state index is 13.2. The van der Waals surface area contributed by atoms with Crippen molar-refractivity contribution in [1.82, 2.24) is 15.3 Å². The predicted molar refractivity (Wildman–Crippen MR) is 130 cm³/mol. The fourth-order valence-electron chi connectivity index (χ4n) is 3.57. The van der Waals surface area contributed by atoms with Crippen LogP contribution < -0.4 is 16.2 Å². The van der Waals surface area contributed by atoms with Gasteiger partial charge in [-0.05, 0) is 51.0 Å². The van der Waals surface area contributed by atoms with Gasteiger partial charge in [0.15, 0.2) is 0 Å². The number of anilines is 1. The first kappa shape index (κ1) is 23.9. The summed E-state index contributed by atoms with van der Waals surface area (Å²) in [5.74, 6) is 0.0218. The average Bonchev–Trinajstić information content (AvgIpc) is 2.77. The number of rotatable bonds is 8. The Morgan fingerprint density at radius 2 is 1.91 bits per heavy atom. The van der Waals surface area contributed by atoms with E-state index in [0.29, 0.717) is 22.6 Å². The van der Waals surface area contributed by atoms with Gasteiger partial charge in [-0.3, -0.25) is 9.59 Å². The Morgan fingerprint density at radius 3 is 2.48 bits per heavy atom. The summed E-state index contributed by atoms with van der Waals surface area (Å²) >= 11 is 0. The number of aryl methyl sites for hydroxylation is 2. The predicted octanol–water partition coefficient (Wildman–Crippen LogP) is 3.29. The number of carbonyl (C=O) groups excluding carboxylic acids is 1. The van der Waals surface area contributed by atoms with Gasteiger partial charge in [-0.25, -0.2) is 4.98 Å². The van der Waals surface area contributed by atoms with E-state index in [0.717, 1.165) is 28.6 Å². The topological polar surface area (TPSA) is 131 Å². The summed E-state index contributed by atoms with van der Waals surface area (Å²) in [5.41, 5.74) is 4.56. The molecular formula is C25H29N5O3. The average molecular weight is 448 g/mol. The second-order valence-corrected chi connectivity index (χ2v) is 8.24. The second-order valence-electron chi connectivity index (χ2n) is 8.24. The monoisotopic (exact) mass is 447 g/mol. The summed E-state index contributed by atoms with van der Waals surface area (Å²) in [4.78, 5) is 32.9. The zero-order valence-electron chi connectivity index (χ0n) is 19.2. The molecule has 1 aromatic carbocycles. The smallest absolute Gasteiger partial charge is 0.253 e. The summed E-state index contributed by atoms with van der Waals surface area (Å²) in [7, 11) is 0. The van der Waals surface area contributed by atoms with Gasteiger partial charge in [0.1, 0.15) is 5.82 Å². The number of carbonyl (C=O) groups is 1. The number of nitrogens with zero attached hydrogens (tertiary/aromatic N) is 1. The quantitative estimate of drug-likeness (QED) is 0.338. The minimum atomic E-state index is -0.407. The Balaban J connectivity index is 2.01. The van der Waals surface area contributed by atoms with Crippen LogP contribution in [-0.4, -0.2) is 33.2 Å². The van der Waals surface area contributed by atoms with Gasteiger partial charge >= 0.3 is 0 Å². The van der Waals surface area contributed by atoms with Crippen LogP contribution in [0, 0.1) is 19.3 Å². The van der Waals surface area contributed by atoms with E-state index in [-0.39, 0.29) is 30.3 Å². The molecule has 0 aliphatic rings. The van der Waals surface area contributed by atoms with Crippen molar-refractivity contribution in [3.8, 4) is 11.3 Å². The molecule has 8 nitrogen and oxygen atoms in total. The molecule has 0 spiro atoms. The number of H-pyrrole nitrogens is 1. The lowest BCUT2D eigenvalue weighted by atomic mass is 10.0. The third-order valence-electron chi connectivity index (χ3n) is 5.22. The lowest BCUT2D eigenvalue weighted by Gasteiger charge is -2.17. The lowest BCUT2D eigenvalue weighted by Crippen LogP contribution is -2.29. The Hall–Kier alpha value is -3.78. The van der Waals surface area contributed by atoms with Gasteiger partial charge in [0.25, 0.3) is 11.5 Å². The molecule has 0 saturated heterocycles. The van der Waals surface area contributed by atoms with Gasteiger partial charge in [-0.2, -0.15) is 0 Å². The number of aromatic amines is 1. The van der Waals surface area contributed by atoms with Crippen molar-refractivity contribution in [2.75, 3.05) is 5.32 Å². The first-order valence-corrected chi connectivity index (χ1v) is 10.7. The van der Waals surface area contributed by atoms with E-state index < -0.39 is 5.91 Å². The van der Waals surface area contributed by atoms with Gasteiger partial charge in [0.05, 0.1) is 17.9 Å². The highest BCUT2D eigenvalue weighted by Crippen LogP contribution is 2.26.